The molecule has 1 N–H and O–H groups in total. The van der Waals surface area contributed by atoms with Gasteiger partial charge in [0.05, 0.1) is 19.1 Å². The number of piperidine rings is 1. The maximum Gasteiger partial charge on any atom is 0.311 e. The SMILES string of the molecule is CCCCN1C(=O)CC[C@H](C(=O)OCC(=O)NCC(C)C)[C@H]1c1ccc(OC)cc1. The molecule has 1 fully saturated rings. The van der Waals surface area contributed by atoms with Crippen LogP contribution in [0.1, 0.15) is 58.1 Å². The van der Waals surface area contributed by atoms with E-state index < -0.39 is 17.9 Å². The van der Waals surface area contributed by atoms with Crippen molar-refractivity contribution in [2.45, 2.75) is 52.5 Å². The van der Waals surface area contributed by atoms with Gasteiger partial charge in [-0.2, -0.15) is 0 Å². The Balaban J connectivity index is 2.17. The Morgan fingerprint density at radius 2 is 1.93 bits per heavy atom. The first-order chi connectivity index (χ1) is 14.4. The van der Waals surface area contributed by atoms with E-state index in [4.69, 9.17) is 9.47 Å². The number of esters is 1. The first-order valence-electron chi connectivity index (χ1n) is 10.7. The first kappa shape index (κ1) is 23.7. The third-order valence-electron chi connectivity index (χ3n) is 5.27. The van der Waals surface area contributed by atoms with Gasteiger partial charge in [0.15, 0.2) is 6.61 Å². The molecule has 30 heavy (non-hydrogen) atoms. The molecule has 2 rings (SSSR count). The lowest BCUT2D eigenvalue weighted by Crippen LogP contribution is -2.46. The summed E-state index contributed by atoms with van der Waals surface area (Å²) in [7, 11) is 1.59. The number of ether oxygens (including phenoxy) is 2. The molecule has 1 aliphatic rings. The van der Waals surface area contributed by atoms with E-state index in [9.17, 15) is 14.4 Å². The number of likely N-dealkylation sites (tertiary alicyclic amines) is 1. The maximum absolute atomic E-state index is 12.9. The summed E-state index contributed by atoms with van der Waals surface area (Å²) in [6, 6.07) is 7.02. The Labute approximate surface area is 179 Å². The lowest BCUT2D eigenvalue weighted by Gasteiger charge is -2.40. The molecule has 1 aromatic rings. The molecule has 0 aromatic heterocycles. The Morgan fingerprint density at radius 3 is 2.53 bits per heavy atom. The topological polar surface area (TPSA) is 84.9 Å². The number of amides is 2. The van der Waals surface area contributed by atoms with Crippen LogP contribution in [0.3, 0.4) is 0 Å². The smallest absolute Gasteiger partial charge is 0.311 e. The highest BCUT2D eigenvalue weighted by molar-refractivity contribution is 5.84. The van der Waals surface area contributed by atoms with Crippen LogP contribution in [0.4, 0.5) is 0 Å². The van der Waals surface area contributed by atoms with Crippen LogP contribution in [-0.2, 0) is 19.1 Å². The molecular weight excluding hydrogens is 384 g/mol. The maximum atomic E-state index is 12.9. The summed E-state index contributed by atoms with van der Waals surface area (Å²) in [6.45, 7) is 6.88. The fraction of sp³-hybridized carbons (Fsp3) is 0.609. The van der Waals surface area contributed by atoms with Gasteiger partial charge < -0.3 is 19.7 Å². The Hall–Kier alpha value is -2.57. The summed E-state index contributed by atoms with van der Waals surface area (Å²) in [4.78, 5) is 39.3. The number of carbonyl (C=O) groups is 3. The lowest BCUT2D eigenvalue weighted by molar-refractivity contribution is -0.159. The average Bonchev–Trinajstić information content (AvgIpc) is 2.75. The van der Waals surface area contributed by atoms with Gasteiger partial charge in [-0.05, 0) is 36.5 Å². The zero-order valence-electron chi connectivity index (χ0n) is 18.5. The molecule has 2 atom stereocenters. The zero-order chi connectivity index (χ0) is 22.1. The van der Waals surface area contributed by atoms with Crippen LogP contribution < -0.4 is 10.1 Å². The van der Waals surface area contributed by atoms with Gasteiger partial charge in [-0.25, -0.2) is 0 Å². The predicted octanol–water partition coefficient (Wildman–Crippen LogP) is 3.09. The Morgan fingerprint density at radius 1 is 1.23 bits per heavy atom. The van der Waals surface area contributed by atoms with E-state index in [-0.39, 0.29) is 18.4 Å². The van der Waals surface area contributed by atoms with Crippen molar-refractivity contribution < 1.29 is 23.9 Å². The number of carbonyl (C=O) groups excluding carboxylic acids is 3. The minimum absolute atomic E-state index is 0.0444. The fourth-order valence-electron chi connectivity index (χ4n) is 3.62. The predicted molar refractivity (Wildman–Crippen MR) is 114 cm³/mol. The standard InChI is InChI=1S/C23H34N2O5/c1-5-6-13-25-21(27)12-11-19(22(25)17-7-9-18(29-4)10-8-17)23(28)30-15-20(26)24-14-16(2)3/h7-10,16,19,22H,5-6,11-15H2,1-4H3,(H,24,26)/t19-,22+/m0/s1. The molecule has 166 valence electrons. The second-order valence-corrected chi connectivity index (χ2v) is 8.11. The van der Waals surface area contributed by atoms with E-state index in [2.05, 4.69) is 12.2 Å². The summed E-state index contributed by atoms with van der Waals surface area (Å²) in [5.74, 6) is -0.186. The second kappa shape index (κ2) is 11.6. The quantitative estimate of drug-likeness (QED) is 0.590. The summed E-state index contributed by atoms with van der Waals surface area (Å²) in [5.41, 5.74) is 0.867. The van der Waals surface area contributed by atoms with Crippen LogP contribution in [0.5, 0.6) is 5.75 Å². The molecule has 7 nitrogen and oxygen atoms in total. The van der Waals surface area contributed by atoms with Gasteiger partial charge >= 0.3 is 5.97 Å². The molecule has 0 aliphatic carbocycles. The van der Waals surface area contributed by atoms with Crippen molar-refractivity contribution in [3.05, 3.63) is 29.8 Å². The summed E-state index contributed by atoms with van der Waals surface area (Å²) in [5, 5.41) is 2.75. The number of hydrogen-bond donors (Lipinski definition) is 1. The third-order valence-corrected chi connectivity index (χ3v) is 5.27. The van der Waals surface area contributed by atoms with E-state index >= 15 is 0 Å². The molecule has 1 heterocycles. The Bertz CT molecular complexity index is 717. The van der Waals surface area contributed by atoms with Gasteiger partial charge in [-0.3, -0.25) is 14.4 Å². The summed E-state index contributed by atoms with van der Waals surface area (Å²) >= 11 is 0. The van der Waals surface area contributed by atoms with Crippen LogP contribution in [0.15, 0.2) is 24.3 Å². The van der Waals surface area contributed by atoms with Crippen LogP contribution in [0.2, 0.25) is 0 Å². The summed E-state index contributed by atoms with van der Waals surface area (Å²) in [6.07, 6.45) is 2.52. The van der Waals surface area contributed by atoms with Gasteiger partial charge in [0.1, 0.15) is 5.75 Å². The van der Waals surface area contributed by atoms with E-state index in [1.165, 1.54) is 0 Å². The van der Waals surface area contributed by atoms with Crippen molar-refractivity contribution in [1.82, 2.24) is 10.2 Å². The van der Waals surface area contributed by atoms with E-state index in [0.29, 0.717) is 37.6 Å². The summed E-state index contributed by atoms with van der Waals surface area (Å²) < 4.78 is 10.6. The highest BCUT2D eigenvalue weighted by atomic mass is 16.5. The average molecular weight is 419 g/mol. The number of nitrogens with zero attached hydrogens (tertiary/aromatic N) is 1. The molecule has 2 amide bonds. The van der Waals surface area contributed by atoms with Crippen molar-refractivity contribution in [1.29, 1.82) is 0 Å². The number of hydrogen-bond acceptors (Lipinski definition) is 5. The monoisotopic (exact) mass is 418 g/mol. The molecule has 7 heteroatoms. The number of unbranched alkanes of at least 4 members (excludes halogenated alkanes) is 1. The fourth-order valence-corrected chi connectivity index (χ4v) is 3.62. The van der Waals surface area contributed by atoms with E-state index in [1.807, 2.05) is 38.1 Å². The van der Waals surface area contributed by atoms with Crippen LogP contribution >= 0.6 is 0 Å². The number of methoxy groups -OCH3 is 1. The van der Waals surface area contributed by atoms with E-state index in [1.54, 1.807) is 12.0 Å². The largest absolute Gasteiger partial charge is 0.497 e. The molecule has 0 spiro atoms. The minimum atomic E-state index is -0.508. The van der Waals surface area contributed by atoms with Crippen molar-refractivity contribution in [3.63, 3.8) is 0 Å². The van der Waals surface area contributed by atoms with Crippen molar-refractivity contribution in [2.75, 3.05) is 26.8 Å². The molecule has 1 saturated heterocycles. The van der Waals surface area contributed by atoms with Crippen molar-refractivity contribution >= 4 is 17.8 Å². The highest BCUT2D eigenvalue weighted by Gasteiger charge is 2.41. The lowest BCUT2D eigenvalue weighted by atomic mass is 9.84. The van der Waals surface area contributed by atoms with Gasteiger partial charge in [-0.1, -0.05) is 39.3 Å². The molecule has 1 aliphatic heterocycles. The molecule has 0 unspecified atom stereocenters. The number of benzene rings is 1. The molecule has 0 bridgehead atoms. The van der Waals surface area contributed by atoms with Gasteiger partial charge in [-0.15, -0.1) is 0 Å². The van der Waals surface area contributed by atoms with Crippen LogP contribution in [0.25, 0.3) is 0 Å². The molecule has 0 saturated carbocycles. The Kier molecular flexibility index (Phi) is 9.15. The highest BCUT2D eigenvalue weighted by Crippen LogP contribution is 2.38. The normalized spacial score (nSPS) is 19.0. The van der Waals surface area contributed by atoms with Gasteiger partial charge in [0.25, 0.3) is 5.91 Å². The number of rotatable bonds is 10. The van der Waals surface area contributed by atoms with Crippen molar-refractivity contribution in [2.24, 2.45) is 11.8 Å². The zero-order valence-corrected chi connectivity index (χ0v) is 18.5. The van der Waals surface area contributed by atoms with Crippen LogP contribution in [0, 0.1) is 11.8 Å². The molecule has 1 aromatic carbocycles. The molecular formula is C23H34N2O5. The third kappa shape index (κ3) is 6.47. The van der Waals surface area contributed by atoms with Crippen molar-refractivity contribution in [3.8, 4) is 5.75 Å². The van der Waals surface area contributed by atoms with Crippen LogP contribution in [-0.4, -0.2) is 49.5 Å². The minimum Gasteiger partial charge on any atom is -0.497 e. The number of nitrogens with one attached hydrogen (secondary N) is 1. The molecule has 0 radical (unpaired) electrons. The van der Waals surface area contributed by atoms with Gasteiger partial charge in [0, 0.05) is 19.5 Å². The van der Waals surface area contributed by atoms with Gasteiger partial charge in [0.2, 0.25) is 5.91 Å². The van der Waals surface area contributed by atoms with E-state index in [0.717, 1.165) is 18.4 Å². The second-order valence-electron chi connectivity index (χ2n) is 8.11. The first-order valence-corrected chi connectivity index (χ1v) is 10.7.